The predicted octanol–water partition coefficient (Wildman–Crippen LogP) is 0.687. The van der Waals surface area contributed by atoms with Crippen LogP contribution < -0.4 is 5.32 Å². The summed E-state index contributed by atoms with van der Waals surface area (Å²) in [4.78, 5) is 14.6. The van der Waals surface area contributed by atoms with E-state index in [1.807, 2.05) is 0 Å². The van der Waals surface area contributed by atoms with Crippen molar-refractivity contribution in [3.05, 3.63) is 11.6 Å². The molecule has 0 bridgehead atoms. The van der Waals surface area contributed by atoms with Gasteiger partial charge in [-0.25, -0.2) is 9.67 Å². The Morgan fingerprint density at radius 3 is 2.81 bits per heavy atom. The summed E-state index contributed by atoms with van der Waals surface area (Å²) in [5.74, 6) is -0.861. The highest BCUT2D eigenvalue weighted by Gasteiger charge is 2.45. The SMILES string of the molecule is CC(=O)c1nc2n(n1)CCNC2C(F)(F)F. The van der Waals surface area contributed by atoms with Crippen molar-refractivity contribution in [2.24, 2.45) is 0 Å². The summed E-state index contributed by atoms with van der Waals surface area (Å²) in [6.07, 6.45) is -4.43. The van der Waals surface area contributed by atoms with E-state index in [1.165, 1.54) is 6.92 Å². The van der Waals surface area contributed by atoms with Gasteiger partial charge in [-0.2, -0.15) is 13.2 Å². The van der Waals surface area contributed by atoms with Gasteiger partial charge < -0.3 is 0 Å². The number of Topliss-reactive ketones (excluding diaryl/α,β-unsaturated/α-hetero) is 1. The maximum Gasteiger partial charge on any atom is 0.411 e. The number of carbonyl (C=O) groups excluding carboxylic acids is 1. The van der Waals surface area contributed by atoms with E-state index in [0.29, 0.717) is 0 Å². The Labute approximate surface area is 88.7 Å². The zero-order chi connectivity index (χ0) is 11.9. The minimum Gasteiger partial charge on any atom is -0.298 e. The summed E-state index contributed by atoms with van der Waals surface area (Å²) in [6, 6.07) is -1.85. The molecule has 1 N–H and O–H groups in total. The molecule has 1 aliphatic rings. The van der Waals surface area contributed by atoms with Crippen LogP contribution in [0.4, 0.5) is 13.2 Å². The van der Waals surface area contributed by atoms with Crippen LogP contribution in [0, 0.1) is 0 Å². The number of carbonyl (C=O) groups is 1. The van der Waals surface area contributed by atoms with Crippen molar-refractivity contribution in [3.8, 4) is 0 Å². The van der Waals surface area contributed by atoms with E-state index >= 15 is 0 Å². The third-order valence-electron chi connectivity index (χ3n) is 2.27. The molecule has 2 heterocycles. The van der Waals surface area contributed by atoms with Crippen LogP contribution in [0.2, 0.25) is 0 Å². The first-order valence-corrected chi connectivity index (χ1v) is 4.65. The van der Waals surface area contributed by atoms with Crippen molar-refractivity contribution >= 4 is 5.78 Å². The normalized spacial score (nSPS) is 20.6. The molecule has 0 radical (unpaired) electrons. The summed E-state index contributed by atoms with van der Waals surface area (Å²) < 4.78 is 38.9. The van der Waals surface area contributed by atoms with E-state index in [9.17, 15) is 18.0 Å². The second-order valence-corrected chi connectivity index (χ2v) is 3.50. The average molecular weight is 234 g/mol. The molecule has 0 amide bonds. The molecule has 0 spiro atoms. The molecule has 1 atom stereocenters. The molecule has 0 aliphatic carbocycles. The molecule has 0 saturated heterocycles. The van der Waals surface area contributed by atoms with Crippen LogP contribution in [0.25, 0.3) is 0 Å². The highest BCUT2D eigenvalue weighted by atomic mass is 19.4. The van der Waals surface area contributed by atoms with Gasteiger partial charge in [0.25, 0.3) is 0 Å². The minimum atomic E-state index is -4.43. The van der Waals surface area contributed by atoms with Gasteiger partial charge in [-0.1, -0.05) is 0 Å². The number of alkyl halides is 3. The Hall–Kier alpha value is -1.44. The zero-order valence-electron chi connectivity index (χ0n) is 8.38. The summed E-state index contributed by atoms with van der Waals surface area (Å²) in [7, 11) is 0. The molecule has 1 aromatic heterocycles. The Bertz CT molecular complexity index is 425. The third kappa shape index (κ3) is 1.80. The first-order chi connectivity index (χ1) is 7.39. The van der Waals surface area contributed by atoms with Gasteiger partial charge in [-0.3, -0.25) is 10.1 Å². The molecule has 0 saturated carbocycles. The minimum absolute atomic E-state index is 0.151. The van der Waals surface area contributed by atoms with Crippen LogP contribution in [-0.2, 0) is 6.54 Å². The largest absolute Gasteiger partial charge is 0.411 e. The number of nitrogens with zero attached hydrogens (tertiary/aromatic N) is 3. The maximum absolute atomic E-state index is 12.6. The molecule has 8 heteroatoms. The number of nitrogens with one attached hydrogen (secondary N) is 1. The number of ketones is 1. The number of fused-ring (bicyclic) bond motifs is 1. The maximum atomic E-state index is 12.6. The fourth-order valence-electron chi connectivity index (χ4n) is 1.55. The second kappa shape index (κ2) is 3.55. The quantitative estimate of drug-likeness (QED) is 0.726. The lowest BCUT2D eigenvalue weighted by molar-refractivity contribution is -0.162. The van der Waals surface area contributed by atoms with Gasteiger partial charge in [0.05, 0.1) is 6.54 Å². The number of aromatic nitrogens is 3. The van der Waals surface area contributed by atoms with Crippen molar-refractivity contribution in [3.63, 3.8) is 0 Å². The molecule has 0 aromatic carbocycles. The molecule has 16 heavy (non-hydrogen) atoms. The van der Waals surface area contributed by atoms with Crippen molar-refractivity contribution in [2.75, 3.05) is 6.54 Å². The van der Waals surface area contributed by atoms with Crippen molar-refractivity contribution in [2.45, 2.75) is 25.7 Å². The molecular formula is C8H9F3N4O. The zero-order valence-corrected chi connectivity index (χ0v) is 8.38. The van der Waals surface area contributed by atoms with Gasteiger partial charge in [0.15, 0.2) is 17.6 Å². The topological polar surface area (TPSA) is 59.8 Å². The molecule has 1 unspecified atom stereocenters. The molecule has 1 aromatic rings. The first-order valence-electron chi connectivity index (χ1n) is 4.65. The van der Waals surface area contributed by atoms with E-state index < -0.39 is 18.0 Å². The first kappa shape index (κ1) is 11.1. The van der Waals surface area contributed by atoms with E-state index in [-0.39, 0.29) is 24.7 Å². The van der Waals surface area contributed by atoms with Gasteiger partial charge in [-0.15, -0.1) is 5.10 Å². The highest BCUT2D eigenvalue weighted by molar-refractivity contribution is 5.90. The fourth-order valence-corrected chi connectivity index (χ4v) is 1.55. The van der Waals surface area contributed by atoms with Crippen LogP contribution >= 0.6 is 0 Å². The monoisotopic (exact) mass is 234 g/mol. The summed E-state index contributed by atoms with van der Waals surface area (Å²) in [6.45, 7) is 1.65. The van der Waals surface area contributed by atoms with Crippen LogP contribution in [0.3, 0.4) is 0 Å². The van der Waals surface area contributed by atoms with Gasteiger partial charge in [0, 0.05) is 13.5 Å². The van der Waals surface area contributed by atoms with Gasteiger partial charge in [0.2, 0.25) is 5.82 Å². The standard InChI is InChI=1S/C8H9F3N4O/c1-4(16)6-13-7-5(8(9,10)11)12-2-3-15(7)14-6/h5,12H,2-3H2,1H3. The third-order valence-corrected chi connectivity index (χ3v) is 2.27. The van der Waals surface area contributed by atoms with Gasteiger partial charge in [-0.05, 0) is 0 Å². The summed E-state index contributed by atoms with van der Waals surface area (Å²) in [5, 5.41) is 6.04. The highest BCUT2D eigenvalue weighted by Crippen LogP contribution is 2.33. The molecule has 2 rings (SSSR count). The molecule has 88 valence electrons. The summed E-state index contributed by atoms with van der Waals surface area (Å²) in [5.41, 5.74) is 0. The predicted molar refractivity (Wildman–Crippen MR) is 46.8 cm³/mol. The van der Waals surface area contributed by atoms with E-state index in [1.54, 1.807) is 0 Å². The number of rotatable bonds is 1. The lowest BCUT2D eigenvalue weighted by Crippen LogP contribution is -2.42. The smallest absolute Gasteiger partial charge is 0.298 e. The molecule has 5 nitrogen and oxygen atoms in total. The van der Waals surface area contributed by atoms with E-state index in [4.69, 9.17) is 0 Å². The molecule has 1 aliphatic heterocycles. The Kier molecular flexibility index (Phi) is 2.45. The molecular weight excluding hydrogens is 225 g/mol. The number of halogens is 3. The van der Waals surface area contributed by atoms with Crippen molar-refractivity contribution < 1.29 is 18.0 Å². The second-order valence-electron chi connectivity index (χ2n) is 3.50. The van der Waals surface area contributed by atoms with E-state index in [2.05, 4.69) is 15.4 Å². The van der Waals surface area contributed by atoms with E-state index in [0.717, 1.165) is 4.68 Å². The Balaban J connectivity index is 2.42. The van der Waals surface area contributed by atoms with Crippen LogP contribution in [0.1, 0.15) is 29.4 Å². The van der Waals surface area contributed by atoms with Crippen LogP contribution in [0.15, 0.2) is 0 Å². The van der Waals surface area contributed by atoms with Crippen LogP contribution in [0.5, 0.6) is 0 Å². The fraction of sp³-hybridized carbons (Fsp3) is 0.625. The van der Waals surface area contributed by atoms with Crippen LogP contribution in [-0.4, -0.2) is 33.3 Å². The lowest BCUT2D eigenvalue weighted by Gasteiger charge is -2.25. The number of hydrogen-bond donors (Lipinski definition) is 1. The van der Waals surface area contributed by atoms with Crippen molar-refractivity contribution in [1.82, 2.24) is 20.1 Å². The summed E-state index contributed by atoms with van der Waals surface area (Å²) >= 11 is 0. The van der Waals surface area contributed by atoms with Gasteiger partial charge >= 0.3 is 6.18 Å². The lowest BCUT2D eigenvalue weighted by atomic mass is 10.2. The van der Waals surface area contributed by atoms with Gasteiger partial charge in [0.1, 0.15) is 0 Å². The number of hydrogen-bond acceptors (Lipinski definition) is 4. The molecule has 0 fully saturated rings. The van der Waals surface area contributed by atoms with Crippen molar-refractivity contribution in [1.29, 1.82) is 0 Å². The average Bonchev–Trinajstić information content (AvgIpc) is 2.58. The Morgan fingerprint density at radius 2 is 2.25 bits per heavy atom. The Morgan fingerprint density at radius 1 is 1.56 bits per heavy atom.